The van der Waals surface area contributed by atoms with Crippen molar-refractivity contribution in [1.82, 2.24) is 19.7 Å². The Morgan fingerprint density at radius 3 is 1.57 bits per heavy atom. The maximum atomic E-state index is 13.8. The summed E-state index contributed by atoms with van der Waals surface area (Å²) in [7, 11) is 4.69. The summed E-state index contributed by atoms with van der Waals surface area (Å²) in [6.45, 7) is 14.9. The molecule has 430 valence electrons. The third-order valence-electron chi connectivity index (χ3n) is 13.8. The van der Waals surface area contributed by atoms with Crippen LogP contribution in [0.5, 0.6) is 28.7 Å². The first-order chi connectivity index (χ1) is 38.4. The Balaban J connectivity index is 0.946. The number of hydrogen-bond donors (Lipinski definition) is 0. The topological polar surface area (TPSA) is 200 Å². The van der Waals surface area contributed by atoms with E-state index in [4.69, 9.17) is 67.1 Å². The van der Waals surface area contributed by atoms with Gasteiger partial charge in [0.2, 0.25) is 5.91 Å². The first kappa shape index (κ1) is 60.6. The van der Waals surface area contributed by atoms with Crippen LogP contribution in [0.4, 0.5) is 11.4 Å². The number of carbonyl (C=O) groups excluding carboxylic acids is 3. The highest BCUT2D eigenvalue weighted by Gasteiger charge is 2.36. The number of amides is 3. The van der Waals surface area contributed by atoms with Gasteiger partial charge in [0.15, 0.2) is 23.0 Å². The molecule has 2 aromatic carbocycles. The van der Waals surface area contributed by atoms with Crippen molar-refractivity contribution in [2.45, 2.75) is 77.0 Å². The highest BCUT2D eigenvalue weighted by atomic mass is 32.2. The van der Waals surface area contributed by atoms with Crippen LogP contribution >= 0.6 is 11.8 Å². The van der Waals surface area contributed by atoms with Gasteiger partial charge in [-0.15, -0.1) is 0 Å². The van der Waals surface area contributed by atoms with Crippen molar-refractivity contribution in [3.63, 3.8) is 0 Å². The van der Waals surface area contributed by atoms with E-state index in [-0.39, 0.29) is 67.4 Å². The fourth-order valence-corrected chi connectivity index (χ4v) is 9.50. The van der Waals surface area contributed by atoms with E-state index < -0.39 is 0 Å². The first-order valence-corrected chi connectivity index (χ1v) is 28.1. The molecule has 20 nitrogen and oxygen atoms in total. The zero-order chi connectivity index (χ0) is 56.2. The summed E-state index contributed by atoms with van der Waals surface area (Å²) in [5.74, 6) is 1.80. The molecule has 0 unspecified atom stereocenters. The molecule has 0 N–H and O–H groups in total. The molecule has 0 aliphatic carbocycles. The van der Waals surface area contributed by atoms with Crippen LogP contribution in [0.1, 0.15) is 79.1 Å². The third-order valence-corrected chi connectivity index (χ3v) is 15.0. The van der Waals surface area contributed by atoms with Gasteiger partial charge in [0, 0.05) is 74.7 Å². The molecule has 7 rings (SSSR count). The van der Waals surface area contributed by atoms with Crippen LogP contribution < -0.4 is 23.7 Å². The summed E-state index contributed by atoms with van der Waals surface area (Å²) in [6.07, 6.45) is 11.5. The SMILES string of the molecule is C/C=C1\C[C@H]2C=Nc3cc(OCc4cc(OCCOCCOCCN(CC(C)(C)SC)C(=O)CCOCCOCCOCCOC)cc(COc5cc6c(cc5OC)C(=O)N5C/C(=C/C)C[C@H]5C=N6)n4)c(OC)cc3C(=O)N2C1. The Hall–Kier alpha value is -6.07. The second-order valence-corrected chi connectivity index (χ2v) is 21.2. The number of fused-ring (bicyclic) bond motifs is 4. The molecular weight excluding hydrogens is 1040 g/mol. The van der Waals surface area contributed by atoms with Crippen molar-refractivity contribution in [3.8, 4) is 28.7 Å². The lowest BCUT2D eigenvalue weighted by atomic mass is 10.1. The van der Waals surface area contributed by atoms with Gasteiger partial charge in [0.05, 0.1) is 139 Å². The van der Waals surface area contributed by atoms with Gasteiger partial charge in [-0.3, -0.25) is 29.4 Å². The minimum absolute atomic E-state index is 0.00188. The first-order valence-electron chi connectivity index (χ1n) is 26.9. The fourth-order valence-electron chi connectivity index (χ4n) is 9.22. The number of carbonyl (C=O) groups is 3. The fraction of sp³-hybridized carbons (Fsp3) is 0.552. The number of benzene rings is 2. The number of nitrogens with zero attached hydrogens (tertiary/aromatic N) is 6. The van der Waals surface area contributed by atoms with Crippen LogP contribution in [-0.4, -0.2) is 200 Å². The van der Waals surface area contributed by atoms with Gasteiger partial charge in [-0.2, -0.15) is 11.8 Å². The summed E-state index contributed by atoms with van der Waals surface area (Å²) in [4.78, 5) is 60.6. The number of methoxy groups -OCH3 is 3. The van der Waals surface area contributed by atoms with E-state index in [9.17, 15) is 14.4 Å². The molecule has 1 aromatic heterocycles. The number of allylic oxidation sites excluding steroid dienone is 2. The molecule has 3 aromatic rings. The van der Waals surface area contributed by atoms with Crippen LogP contribution in [0.15, 0.2) is 69.7 Å². The molecular formula is C58H78N6O14S. The van der Waals surface area contributed by atoms with E-state index in [0.29, 0.717) is 155 Å². The minimum atomic E-state index is -0.139. The van der Waals surface area contributed by atoms with Gasteiger partial charge in [-0.05, 0) is 58.9 Å². The smallest absolute Gasteiger partial charge is 0.257 e. The molecule has 79 heavy (non-hydrogen) atoms. The van der Waals surface area contributed by atoms with Crippen molar-refractivity contribution < 1.29 is 66.5 Å². The van der Waals surface area contributed by atoms with Gasteiger partial charge < -0.3 is 66.8 Å². The predicted octanol–water partition coefficient (Wildman–Crippen LogP) is 7.48. The number of rotatable bonds is 33. The minimum Gasteiger partial charge on any atom is -0.493 e. The van der Waals surface area contributed by atoms with Gasteiger partial charge in [0.25, 0.3) is 11.8 Å². The maximum Gasteiger partial charge on any atom is 0.257 e. The quantitative estimate of drug-likeness (QED) is 0.0429. The van der Waals surface area contributed by atoms with E-state index in [2.05, 4.69) is 26.0 Å². The molecule has 0 spiro atoms. The summed E-state index contributed by atoms with van der Waals surface area (Å²) < 4.78 is 63.7. The number of ether oxygens (including phenoxy) is 11. The van der Waals surface area contributed by atoms with Crippen LogP contribution in [0.25, 0.3) is 0 Å². The van der Waals surface area contributed by atoms with Gasteiger partial charge in [-0.25, -0.2) is 0 Å². The van der Waals surface area contributed by atoms with E-state index in [0.717, 1.165) is 12.8 Å². The summed E-state index contributed by atoms with van der Waals surface area (Å²) in [5, 5.41) is 0. The Kier molecular flexibility index (Phi) is 23.4. The molecule has 4 aliphatic heterocycles. The maximum absolute atomic E-state index is 13.8. The molecule has 3 amide bonds. The zero-order valence-corrected chi connectivity index (χ0v) is 47.9. The number of thioether (sulfide) groups is 1. The van der Waals surface area contributed by atoms with Crippen molar-refractivity contribution >= 4 is 53.3 Å². The molecule has 2 fully saturated rings. The number of aromatic nitrogens is 1. The molecule has 4 aliphatic rings. The lowest BCUT2D eigenvalue weighted by molar-refractivity contribution is -0.133. The Morgan fingerprint density at radius 2 is 1.10 bits per heavy atom. The van der Waals surface area contributed by atoms with E-state index >= 15 is 0 Å². The Morgan fingerprint density at radius 1 is 0.633 bits per heavy atom. The van der Waals surface area contributed by atoms with Gasteiger partial charge in [-0.1, -0.05) is 23.3 Å². The van der Waals surface area contributed by atoms with Crippen molar-refractivity contribution in [2.24, 2.45) is 9.98 Å². The van der Waals surface area contributed by atoms with Crippen LogP contribution in [0.3, 0.4) is 0 Å². The second-order valence-electron chi connectivity index (χ2n) is 19.7. The van der Waals surface area contributed by atoms with Crippen molar-refractivity contribution in [3.05, 3.63) is 82.2 Å². The molecule has 21 heteroatoms. The van der Waals surface area contributed by atoms with Crippen LogP contribution in [0.2, 0.25) is 0 Å². The average molecular weight is 1120 g/mol. The highest BCUT2D eigenvalue weighted by Crippen LogP contribution is 2.41. The van der Waals surface area contributed by atoms with E-state index in [1.807, 2.05) is 47.2 Å². The average Bonchev–Trinajstić information content (AvgIpc) is 4.17. The molecule has 2 saturated heterocycles. The van der Waals surface area contributed by atoms with E-state index in [1.165, 1.54) is 25.4 Å². The van der Waals surface area contributed by atoms with E-state index in [1.54, 1.807) is 55.3 Å². The number of pyridine rings is 1. The van der Waals surface area contributed by atoms with Crippen LogP contribution in [-0.2, 0) is 46.4 Å². The third kappa shape index (κ3) is 17.2. The van der Waals surface area contributed by atoms with Crippen molar-refractivity contribution in [2.75, 3.05) is 133 Å². The Labute approximate surface area is 468 Å². The summed E-state index contributed by atoms with van der Waals surface area (Å²) >= 11 is 1.70. The molecule has 5 heterocycles. The van der Waals surface area contributed by atoms with Gasteiger partial charge >= 0.3 is 0 Å². The lowest BCUT2D eigenvalue weighted by Gasteiger charge is -2.31. The second kappa shape index (κ2) is 30.5. The highest BCUT2D eigenvalue weighted by molar-refractivity contribution is 7.99. The predicted molar refractivity (Wildman–Crippen MR) is 302 cm³/mol. The molecule has 0 radical (unpaired) electrons. The lowest BCUT2D eigenvalue weighted by Crippen LogP contribution is -2.42. The molecule has 0 saturated carbocycles. The number of hydrogen-bond acceptors (Lipinski definition) is 18. The van der Waals surface area contributed by atoms with Crippen molar-refractivity contribution in [1.29, 1.82) is 0 Å². The molecule has 2 atom stereocenters. The number of aliphatic imine (C=N–C) groups is 2. The normalized spacial score (nSPS) is 17.6. The monoisotopic (exact) mass is 1110 g/mol. The summed E-state index contributed by atoms with van der Waals surface area (Å²) in [6, 6.07) is 10.1. The zero-order valence-electron chi connectivity index (χ0n) is 47.1. The van der Waals surface area contributed by atoms with Gasteiger partial charge in [0.1, 0.15) is 25.6 Å². The standard InChI is InChI=1S/C58H78N6O14S/c1-9-40-25-44-33-59-49-31-53(51(69-6)29-47(49)56(66)63(44)35-40)77-37-42-27-46(28-43(61-42)38-78-54-32-50-48(30-52(54)70-7)57(67)64-36-41(10-2)26-45(64)34-60-50)76-24-23-75-20-18-72-14-12-62(39-58(3,4)79-8)55(65)11-13-71-17-19-74-22-21-73-16-15-68-5/h9-10,27-34,44-45H,11-26,35-39H2,1-8H3/b40-9+,41-10+/t44-,45-/m0/s1. The Bertz CT molecular complexity index is 2530. The van der Waals surface area contributed by atoms with Crippen LogP contribution in [0, 0.1) is 0 Å². The largest absolute Gasteiger partial charge is 0.493 e. The molecule has 0 bridgehead atoms. The summed E-state index contributed by atoms with van der Waals surface area (Å²) in [5.41, 5.74) is 5.28.